The number of anilines is 1. The lowest BCUT2D eigenvalue weighted by Gasteiger charge is -2.22. The highest BCUT2D eigenvalue weighted by Crippen LogP contribution is 2.35. The smallest absolute Gasteiger partial charge is 0.318 e. The van der Waals surface area contributed by atoms with E-state index in [1.807, 2.05) is 0 Å². The molecular formula is C18H21N5O5S. The predicted octanol–water partition coefficient (Wildman–Crippen LogP) is 2.01. The number of carbonyl (C=O) groups excluding carboxylic acids is 2. The maximum atomic E-state index is 12.6. The average Bonchev–Trinajstić information content (AvgIpc) is 3.46. The second-order valence-electron chi connectivity index (χ2n) is 6.54. The first kappa shape index (κ1) is 19.4. The third-order valence-corrected chi connectivity index (χ3v) is 5.67. The molecule has 3 amide bonds. The van der Waals surface area contributed by atoms with Gasteiger partial charge in [-0.3, -0.25) is 4.79 Å². The van der Waals surface area contributed by atoms with E-state index in [-0.39, 0.29) is 29.8 Å². The number of nitrogens with zero attached hydrogens (tertiary/aromatic N) is 3. The predicted molar refractivity (Wildman–Crippen MR) is 104 cm³/mol. The van der Waals surface area contributed by atoms with Crippen LogP contribution in [0.3, 0.4) is 0 Å². The molecule has 2 aromatic rings. The normalized spacial score (nSPS) is 17.4. The first-order chi connectivity index (χ1) is 14.2. The minimum atomic E-state index is -0.360. The topological polar surface area (TPSA) is 115 Å². The molecule has 4 rings (SSSR count). The Kier molecular flexibility index (Phi) is 5.76. The minimum Gasteiger partial charge on any atom is -0.454 e. The van der Waals surface area contributed by atoms with Crippen LogP contribution < -0.4 is 20.1 Å². The Bertz CT molecular complexity index is 905. The standard InChI is InChI=1S/C18H21N5O5S/c1-26-8-6-19-18(25)23-7-2-3-12(23)16-21-22-17(29-16)15(24)20-11-4-5-13-14(9-11)28-10-27-13/h4-5,9,12H,2-3,6-8,10H2,1H3,(H,19,25)(H,20,24). The van der Waals surface area contributed by atoms with Crippen LogP contribution in [0, 0.1) is 0 Å². The summed E-state index contributed by atoms with van der Waals surface area (Å²) < 4.78 is 15.5. The van der Waals surface area contributed by atoms with Gasteiger partial charge in [0.2, 0.25) is 11.8 Å². The molecule has 1 fully saturated rings. The van der Waals surface area contributed by atoms with Crippen molar-refractivity contribution in [2.45, 2.75) is 18.9 Å². The van der Waals surface area contributed by atoms with Crippen LogP contribution in [0.2, 0.25) is 0 Å². The molecule has 0 radical (unpaired) electrons. The van der Waals surface area contributed by atoms with Gasteiger partial charge in [-0.25, -0.2) is 4.79 Å². The summed E-state index contributed by atoms with van der Waals surface area (Å²) in [6.07, 6.45) is 1.66. The first-order valence-corrected chi connectivity index (χ1v) is 10.0. The van der Waals surface area contributed by atoms with Gasteiger partial charge in [0.25, 0.3) is 5.91 Å². The van der Waals surface area contributed by atoms with Crippen LogP contribution in [0.5, 0.6) is 11.5 Å². The Morgan fingerprint density at radius 1 is 1.31 bits per heavy atom. The number of nitrogens with one attached hydrogen (secondary N) is 2. The van der Waals surface area contributed by atoms with Crippen LogP contribution in [-0.4, -0.2) is 60.6 Å². The second-order valence-corrected chi connectivity index (χ2v) is 7.55. The molecule has 1 aromatic heterocycles. The van der Waals surface area contributed by atoms with E-state index in [0.29, 0.717) is 41.9 Å². The van der Waals surface area contributed by atoms with E-state index < -0.39 is 0 Å². The van der Waals surface area contributed by atoms with E-state index >= 15 is 0 Å². The number of hydrogen-bond acceptors (Lipinski definition) is 8. The lowest BCUT2D eigenvalue weighted by Crippen LogP contribution is -2.40. The summed E-state index contributed by atoms with van der Waals surface area (Å²) in [4.78, 5) is 26.7. The number of hydrogen-bond donors (Lipinski definition) is 2. The molecule has 2 aliphatic rings. The fourth-order valence-corrected chi connectivity index (χ4v) is 4.13. The van der Waals surface area contributed by atoms with Gasteiger partial charge in [0.05, 0.1) is 12.6 Å². The number of aromatic nitrogens is 2. The molecule has 3 heterocycles. The van der Waals surface area contributed by atoms with Crippen LogP contribution >= 0.6 is 11.3 Å². The maximum Gasteiger partial charge on any atom is 0.318 e. The zero-order chi connectivity index (χ0) is 20.2. The van der Waals surface area contributed by atoms with Gasteiger partial charge in [-0.1, -0.05) is 11.3 Å². The van der Waals surface area contributed by atoms with Crippen molar-refractivity contribution in [3.63, 3.8) is 0 Å². The minimum absolute atomic E-state index is 0.161. The highest BCUT2D eigenvalue weighted by molar-refractivity contribution is 7.13. The molecule has 11 heteroatoms. The first-order valence-electron chi connectivity index (χ1n) is 9.23. The van der Waals surface area contributed by atoms with Crippen molar-refractivity contribution in [2.24, 2.45) is 0 Å². The molecule has 1 saturated heterocycles. The molecule has 0 bridgehead atoms. The molecule has 0 saturated carbocycles. The monoisotopic (exact) mass is 419 g/mol. The van der Waals surface area contributed by atoms with Gasteiger partial charge >= 0.3 is 6.03 Å². The fraction of sp³-hybridized carbons (Fsp3) is 0.444. The molecule has 2 N–H and O–H groups in total. The molecule has 2 aliphatic heterocycles. The Morgan fingerprint density at radius 3 is 3.03 bits per heavy atom. The number of rotatable bonds is 6. The molecule has 1 atom stereocenters. The summed E-state index contributed by atoms with van der Waals surface area (Å²) >= 11 is 1.20. The lowest BCUT2D eigenvalue weighted by atomic mass is 10.2. The van der Waals surface area contributed by atoms with Crippen LogP contribution in [0.4, 0.5) is 10.5 Å². The van der Waals surface area contributed by atoms with Crippen molar-refractivity contribution < 1.29 is 23.8 Å². The Labute approximate surface area is 171 Å². The van der Waals surface area contributed by atoms with Gasteiger partial charge in [0.1, 0.15) is 5.01 Å². The molecule has 10 nitrogen and oxygen atoms in total. The van der Waals surface area contributed by atoms with Crippen LogP contribution in [0.25, 0.3) is 0 Å². The molecule has 0 spiro atoms. The molecule has 1 aromatic carbocycles. The number of benzene rings is 1. The average molecular weight is 419 g/mol. The molecule has 0 aliphatic carbocycles. The van der Waals surface area contributed by atoms with Crippen molar-refractivity contribution in [1.82, 2.24) is 20.4 Å². The number of ether oxygens (including phenoxy) is 3. The largest absolute Gasteiger partial charge is 0.454 e. The summed E-state index contributed by atoms with van der Waals surface area (Å²) in [5.41, 5.74) is 0.580. The Balaban J connectivity index is 1.40. The van der Waals surface area contributed by atoms with E-state index in [1.54, 1.807) is 30.2 Å². The Hall–Kier alpha value is -2.92. The highest BCUT2D eigenvalue weighted by atomic mass is 32.1. The SMILES string of the molecule is COCCNC(=O)N1CCCC1c1nnc(C(=O)Nc2ccc3c(c2)OCO3)s1. The molecule has 1 unspecified atom stereocenters. The quantitative estimate of drug-likeness (QED) is 0.688. The van der Waals surface area contributed by atoms with Crippen molar-refractivity contribution in [2.75, 3.05) is 38.9 Å². The zero-order valence-corrected chi connectivity index (χ0v) is 16.7. The highest BCUT2D eigenvalue weighted by Gasteiger charge is 2.33. The number of amides is 3. The van der Waals surface area contributed by atoms with E-state index in [1.165, 1.54) is 11.3 Å². The van der Waals surface area contributed by atoms with Crippen molar-refractivity contribution in [3.8, 4) is 11.5 Å². The summed E-state index contributed by atoms with van der Waals surface area (Å²) in [5, 5.41) is 14.7. The Morgan fingerprint density at radius 2 is 2.17 bits per heavy atom. The van der Waals surface area contributed by atoms with Crippen molar-refractivity contribution in [1.29, 1.82) is 0 Å². The third kappa shape index (κ3) is 4.25. The lowest BCUT2D eigenvalue weighted by molar-refractivity contribution is 0.102. The fourth-order valence-electron chi connectivity index (χ4n) is 3.25. The molecular weight excluding hydrogens is 398 g/mol. The summed E-state index contributed by atoms with van der Waals surface area (Å²) in [6, 6.07) is 4.83. The number of urea groups is 1. The number of fused-ring (bicyclic) bond motifs is 1. The van der Waals surface area contributed by atoms with Crippen LogP contribution in [0.1, 0.15) is 33.7 Å². The van der Waals surface area contributed by atoms with Crippen molar-refractivity contribution >= 4 is 29.0 Å². The second kappa shape index (κ2) is 8.62. The molecule has 29 heavy (non-hydrogen) atoms. The van der Waals surface area contributed by atoms with Crippen LogP contribution in [-0.2, 0) is 4.74 Å². The van der Waals surface area contributed by atoms with E-state index in [0.717, 1.165) is 12.8 Å². The van der Waals surface area contributed by atoms with Gasteiger partial charge in [-0.05, 0) is 25.0 Å². The number of likely N-dealkylation sites (tertiary alicyclic amines) is 1. The van der Waals surface area contributed by atoms with E-state index in [9.17, 15) is 9.59 Å². The van der Waals surface area contributed by atoms with Gasteiger partial charge in [-0.15, -0.1) is 10.2 Å². The van der Waals surface area contributed by atoms with Gasteiger partial charge in [-0.2, -0.15) is 0 Å². The summed E-state index contributed by atoms with van der Waals surface area (Å²) in [6.45, 7) is 1.70. The van der Waals surface area contributed by atoms with E-state index in [4.69, 9.17) is 14.2 Å². The van der Waals surface area contributed by atoms with Crippen LogP contribution in [0.15, 0.2) is 18.2 Å². The number of methoxy groups -OCH3 is 1. The summed E-state index contributed by atoms with van der Waals surface area (Å²) in [7, 11) is 1.59. The van der Waals surface area contributed by atoms with Gasteiger partial charge in [0.15, 0.2) is 11.5 Å². The van der Waals surface area contributed by atoms with Crippen molar-refractivity contribution in [3.05, 3.63) is 28.2 Å². The third-order valence-electron chi connectivity index (χ3n) is 4.65. The number of carbonyl (C=O) groups is 2. The summed E-state index contributed by atoms with van der Waals surface area (Å²) in [5.74, 6) is 0.870. The zero-order valence-electron chi connectivity index (χ0n) is 15.8. The van der Waals surface area contributed by atoms with E-state index in [2.05, 4.69) is 20.8 Å². The van der Waals surface area contributed by atoms with Gasteiger partial charge < -0.3 is 29.7 Å². The molecule has 154 valence electrons. The van der Waals surface area contributed by atoms with Gasteiger partial charge in [0, 0.05) is 32.0 Å². The maximum absolute atomic E-state index is 12.6.